The van der Waals surface area contributed by atoms with Crippen LogP contribution in [0.25, 0.3) is 0 Å². The standard InChI is InChI=1S/C26H28N2O3/c1-4-19-9-5-7-11-23(19)28-26(30)20-13-15-21(16-14-20)31-17-25(29)27-24-12-8-6-10-22(24)18(2)3/h5-16,18H,4,17H2,1-3H3,(H,27,29)(H,28,30). The summed E-state index contributed by atoms with van der Waals surface area (Å²) in [7, 11) is 0. The second kappa shape index (κ2) is 10.4. The van der Waals surface area contributed by atoms with Crippen LogP contribution in [0.1, 0.15) is 48.2 Å². The molecule has 3 rings (SSSR count). The van der Waals surface area contributed by atoms with Crippen molar-refractivity contribution in [1.29, 1.82) is 0 Å². The Labute approximate surface area is 183 Å². The zero-order valence-corrected chi connectivity index (χ0v) is 18.1. The van der Waals surface area contributed by atoms with Gasteiger partial charge in [0, 0.05) is 16.9 Å². The monoisotopic (exact) mass is 416 g/mol. The van der Waals surface area contributed by atoms with E-state index in [4.69, 9.17) is 4.74 Å². The molecule has 0 fully saturated rings. The van der Waals surface area contributed by atoms with Crippen LogP contribution in [0.3, 0.4) is 0 Å². The summed E-state index contributed by atoms with van der Waals surface area (Å²) in [5.74, 6) is 0.416. The number of aryl methyl sites for hydroxylation is 1. The van der Waals surface area contributed by atoms with Gasteiger partial charge in [-0.25, -0.2) is 0 Å². The molecule has 5 heteroatoms. The minimum Gasteiger partial charge on any atom is -0.484 e. The molecule has 2 N–H and O–H groups in total. The van der Waals surface area contributed by atoms with Crippen molar-refractivity contribution in [2.45, 2.75) is 33.1 Å². The third kappa shape index (κ3) is 5.95. The topological polar surface area (TPSA) is 67.4 Å². The number of nitrogens with one attached hydrogen (secondary N) is 2. The summed E-state index contributed by atoms with van der Waals surface area (Å²) in [4.78, 5) is 24.8. The van der Waals surface area contributed by atoms with E-state index in [0.717, 1.165) is 28.9 Å². The molecule has 0 aliphatic rings. The highest BCUT2D eigenvalue weighted by atomic mass is 16.5. The number of carbonyl (C=O) groups is 2. The van der Waals surface area contributed by atoms with Gasteiger partial charge in [-0.05, 0) is 59.9 Å². The first kappa shape index (κ1) is 22.1. The van der Waals surface area contributed by atoms with Crippen molar-refractivity contribution in [2.75, 3.05) is 17.2 Å². The van der Waals surface area contributed by atoms with E-state index in [-0.39, 0.29) is 18.4 Å². The highest BCUT2D eigenvalue weighted by Gasteiger charge is 2.11. The Morgan fingerprint density at radius 1 is 0.839 bits per heavy atom. The Morgan fingerprint density at radius 2 is 1.48 bits per heavy atom. The smallest absolute Gasteiger partial charge is 0.262 e. The molecule has 0 bridgehead atoms. The number of ether oxygens (including phenoxy) is 1. The summed E-state index contributed by atoms with van der Waals surface area (Å²) in [6.45, 7) is 6.11. The largest absolute Gasteiger partial charge is 0.484 e. The highest BCUT2D eigenvalue weighted by Crippen LogP contribution is 2.23. The predicted molar refractivity (Wildman–Crippen MR) is 125 cm³/mol. The molecular weight excluding hydrogens is 388 g/mol. The summed E-state index contributed by atoms with van der Waals surface area (Å²) in [5, 5.41) is 5.85. The van der Waals surface area contributed by atoms with Gasteiger partial charge < -0.3 is 15.4 Å². The summed E-state index contributed by atoms with van der Waals surface area (Å²) in [6.07, 6.45) is 0.840. The number of hydrogen-bond donors (Lipinski definition) is 2. The van der Waals surface area contributed by atoms with Crippen LogP contribution in [0.5, 0.6) is 5.75 Å². The van der Waals surface area contributed by atoms with Crippen LogP contribution in [0.2, 0.25) is 0 Å². The van der Waals surface area contributed by atoms with Crippen LogP contribution in [0.15, 0.2) is 72.8 Å². The third-order valence-corrected chi connectivity index (χ3v) is 4.99. The molecule has 0 heterocycles. The van der Waals surface area contributed by atoms with Gasteiger partial charge in [-0.2, -0.15) is 0 Å². The molecule has 5 nitrogen and oxygen atoms in total. The van der Waals surface area contributed by atoms with Crippen LogP contribution in [-0.4, -0.2) is 18.4 Å². The molecule has 0 spiro atoms. The molecule has 0 aliphatic carbocycles. The molecule has 3 aromatic carbocycles. The minimum atomic E-state index is -0.230. The van der Waals surface area contributed by atoms with Crippen molar-refractivity contribution in [3.8, 4) is 5.75 Å². The average molecular weight is 417 g/mol. The zero-order valence-electron chi connectivity index (χ0n) is 18.1. The number of amides is 2. The fourth-order valence-electron chi connectivity index (χ4n) is 3.30. The summed E-state index contributed by atoms with van der Waals surface area (Å²) < 4.78 is 5.59. The van der Waals surface area contributed by atoms with Crippen LogP contribution in [0, 0.1) is 0 Å². The van der Waals surface area contributed by atoms with Crippen molar-refractivity contribution >= 4 is 23.2 Å². The van der Waals surface area contributed by atoms with Gasteiger partial charge >= 0.3 is 0 Å². The number of rotatable bonds is 8. The van der Waals surface area contributed by atoms with Crippen LogP contribution < -0.4 is 15.4 Å². The van der Waals surface area contributed by atoms with Gasteiger partial charge in [-0.15, -0.1) is 0 Å². The zero-order chi connectivity index (χ0) is 22.2. The van der Waals surface area contributed by atoms with Crippen molar-refractivity contribution < 1.29 is 14.3 Å². The van der Waals surface area contributed by atoms with Crippen LogP contribution in [0.4, 0.5) is 11.4 Å². The van der Waals surface area contributed by atoms with E-state index in [9.17, 15) is 9.59 Å². The third-order valence-electron chi connectivity index (χ3n) is 4.99. The Balaban J connectivity index is 1.56. The van der Waals surface area contributed by atoms with E-state index in [2.05, 4.69) is 31.4 Å². The van der Waals surface area contributed by atoms with Gasteiger partial charge in [0.2, 0.25) is 0 Å². The molecule has 160 valence electrons. The lowest BCUT2D eigenvalue weighted by atomic mass is 10.0. The molecular formula is C26H28N2O3. The van der Waals surface area contributed by atoms with Gasteiger partial charge in [-0.3, -0.25) is 9.59 Å². The molecule has 2 amide bonds. The van der Waals surface area contributed by atoms with Crippen molar-refractivity contribution in [3.05, 3.63) is 89.5 Å². The lowest BCUT2D eigenvalue weighted by Gasteiger charge is -2.14. The normalized spacial score (nSPS) is 10.6. The van der Waals surface area contributed by atoms with E-state index >= 15 is 0 Å². The first-order valence-electron chi connectivity index (χ1n) is 10.5. The summed E-state index contributed by atoms with van der Waals surface area (Å²) >= 11 is 0. The molecule has 3 aromatic rings. The van der Waals surface area contributed by atoms with E-state index < -0.39 is 0 Å². The fourth-order valence-corrected chi connectivity index (χ4v) is 3.30. The number of benzene rings is 3. The van der Waals surface area contributed by atoms with E-state index in [0.29, 0.717) is 17.2 Å². The summed E-state index contributed by atoms with van der Waals surface area (Å²) in [5.41, 5.74) is 4.30. The van der Waals surface area contributed by atoms with Gasteiger partial charge in [0.15, 0.2) is 6.61 Å². The summed E-state index contributed by atoms with van der Waals surface area (Å²) in [6, 6.07) is 22.2. The fraction of sp³-hybridized carbons (Fsp3) is 0.231. The lowest BCUT2D eigenvalue weighted by Crippen LogP contribution is -2.21. The van der Waals surface area contributed by atoms with E-state index in [1.54, 1.807) is 24.3 Å². The van der Waals surface area contributed by atoms with Crippen LogP contribution in [-0.2, 0) is 11.2 Å². The molecule has 0 atom stereocenters. The van der Waals surface area contributed by atoms with Gasteiger partial charge in [0.05, 0.1) is 0 Å². The van der Waals surface area contributed by atoms with Gasteiger partial charge in [0.1, 0.15) is 5.75 Å². The molecule has 0 aliphatic heterocycles. The molecule has 0 saturated heterocycles. The van der Waals surface area contributed by atoms with Crippen molar-refractivity contribution in [3.63, 3.8) is 0 Å². The maximum absolute atomic E-state index is 12.5. The highest BCUT2D eigenvalue weighted by molar-refractivity contribution is 6.04. The second-order valence-corrected chi connectivity index (χ2v) is 7.57. The molecule has 0 aromatic heterocycles. The van der Waals surface area contributed by atoms with E-state index in [1.807, 2.05) is 48.5 Å². The number of hydrogen-bond acceptors (Lipinski definition) is 3. The maximum Gasteiger partial charge on any atom is 0.262 e. The first-order valence-corrected chi connectivity index (χ1v) is 10.5. The Morgan fingerprint density at radius 3 is 2.16 bits per heavy atom. The Hall–Kier alpha value is -3.60. The van der Waals surface area contributed by atoms with Gasteiger partial charge in [-0.1, -0.05) is 57.2 Å². The maximum atomic E-state index is 12.5. The molecule has 0 saturated carbocycles. The molecule has 0 unspecified atom stereocenters. The number of para-hydroxylation sites is 2. The Bertz CT molecular complexity index is 1040. The SMILES string of the molecule is CCc1ccccc1NC(=O)c1ccc(OCC(=O)Nc2ccccc2C(C)C)cc1. The average Bonchev–Trinajstić information content (AvgIpc) is 2.78. The van der Waals surface area contributed by atoms with Crippen molar-refractivity contribution in [1.82, 2.24) is 0 Å². The van der Waals surface area contributed by atoms with E-state index in [1.165, 1.54) is 0 Å². The van der Waals surface area contributed by atoms with Gasteiger partial charge in [0.25, 0.3) is 11.8 Å². The number of carbonyl (C=O) groups excluding carboxylic acids is 2. The lowest BCUT2D eigenvalue weighted by molar-refractivity contribution is -0.118. The quantitative estimate of drug-likeness (QED) is 0.499. The molecule has 31 heavy (non-hydrogen) atoms. The van der Waals surface area contributed by atoms with Crippen LogP contribution >= 0.6 is 0 Å². The predicted octanol–water partition coefficient (Wildman–Crippen LogP) is 5.64. The first-order chi connectivity index (χ1) is 15.0. The number of anilines is 2. The second-order valence-electron chi connectivity index (χ2n) is 7.57. The minimum absolute atomic E-state index is 0.109. The van der Waals surface area contributed by atoms with Crippen molar-refractivity contribution in [2.24, 2.45) is 0 Å². The molecule has 0 radical (unpaired) electrons. The Kier molecular flexibility index (Phi) is 7.44.